The highest BCUT2D eigenvalue weighted by atomic mass is 16.6. The molecule has 0 spiro atoms. The summed E-state index contributed by atoms with van der Waals surface area (Å²) in [6.07, 6.45) is 5.06. The Bertz CT molecular complexity index is 632. The van der Waals surface area contributed by atoms with Gasteiger partial charge in [0.15, 0.2) is 0 Å². The van der Waals surface area contributed by atoms with Gasteiger partial charge in [-0.2, -0.15) is 0 Å². The third-order valence-electron chi connectivity index (χ3n) is 5.11. The van der Waals surface area contributed by atoms with Crippen LogP contribution in [-0.4, -0.2) is 59.6 Å². The highest BCUT2D eigenvalue weighted by molar-refractivity contribution is 5.86. The van der Waals surface area contributed by atoms with Crippen LogP contribution in [0.15, 0.2) is 22.8 Å². The molecule has 1 aromatic rings. The summed E-state index contributed by atoms with van der Waals surface area (Å²) in [5.74, 6) is 0.752. The molecule has 0 bridgehead atoms. The molecular formula is C20H31N3O4. The first-order valence-corrected chi connectivity index (χ1v) is 9.90. The van der Waals surface area contributed by atoms with Crippen LogP contribution in [-0.2, 0) is 9.53 Å². The van der Waals surface area contributed by atoms with E-state index in [9.17, 15) is 9.59 Å². The van der Waals surface area contributed by atoms with E-state index in [1.54, 1.807) is 11.2 Å². The van der Waals surface area contributed by atoms with Crippen molar-refractivity contribution >= 4 is 12.0 Å². The van der Waals surface area contributed by atoms with E-state index in [2.05, 4.69) is 10.2 Å². The molecule has 150 valence electrons. The topological polar surface area (TPSA) is 75.0 Å². The summed E-state index contributed by atoms with van der Waals surface area (Å²) in [5.41, 5.74) is -0.569. The van der Waals surface area contributed by atoms with E-state index in [-0.39, 0.29) is 11.9 Å². The second-order valence-electron chi connectivity index (χ2n) is 8.35. The summed E-state index contributed by atoms with van der Waals surface area (Å²) in [4.78, 5) is 29.1. The van der Waals surface area contributed by atoms with Crippen molar-refractivity contribution in [2.75, 3.05) is 26.2 Å². The summed E-state index contributed by atoms with van der Waals surface area (Å²) in [7, 11) is 0. The summed E-state index contributed by atoms with van der Waals surface area (Å²) < 4.78 is 11.1. The Morgan fingerprint density at radius 3 is 2.63 bits per heavy atom. The van der Waals surface area contributed by atoms with Gasteiger partial charge in [-0.3, -0.25) is 14.6 Å². The van der Waals surface area contributed by atoms with Crippen molar-refractivity contribution in [2.24, 2.45) is 0 Å². The van der Waals surface area contributed by atoms with Crippen molar-refractivity contribution < 1.29 is 18.7 Å². The lowest BCUT2D eigenvalue weighted by atomic mass is 10.1. The smallest absolute Gasteiger partial charge is 0.410 e. The second kappa shape index (κ2) is 8.33. The van der Waals surface area contributed by atoms with Crippen LogP contribution in [0.25, 0.3) is 0 Å². The molecule has 2 amide bonds. The first-order valence-electron chi connectivity index (χ1n) is 9.90. The molecule has 2 atom stereocenters. The Balaban J connectivity index is 1.60. The zero-order chi connectivity index (χ0) is 19.4. The van der Waals surface area contributed by atoms with Crippen LogP contribution in [0.1, 0.15) is 58.3 Å². The Morgan fingerprint density at radius 1 is 1.26 bits per heavy atom. The van der Waals surface area contributed by atoms with E-state index in [0.717, 1.165) is 25.3 Å². The van der Waals surface area contributed by atoms with Gasteiger partial charge in [0.25, 0.3) is 0 Å². The Morgan fingerprint density at radius 2 is 2.00 bits per heavy atom. The predicted octanol–water partition coefficient (Wildman–Crippen LogP) is 2.93. The van der Waals surface area contributed by atoms with Gasteiger partial charge in [0, 0.05) is 13.1 Å². The van der Waals surface area contributed by atoms with Crippen LogP contribution in [0.4, 0.5) is 4.79 Å². The molecule has 2 aliphatic heterocycles. The van der Waals surface area contributed by atoms with Crippen molar-refractivity contribution in [3.05, 3.63) is 24.2 Å². The minimum absolute atomic E-state index is 0.0304. The molecular weight excluding hydrogens is 346 g/mol. The SMILES string of the molecule is CC(C)(C)OC(=O)N1CCCC1C(=O)NCC(c1ccco1)N1CCCC1. The maximum atomic E-state index is 12.8. The molecule has 3 heterocycles. The van der Waals surface area contributed by atoms with Gasteiger partial charge < -0.3 is 14.5 Å². The van der Waals surface area contributed by atoms with Crippen molar-refractivity contribution in [3.8, 4) is 0 Å². The summed E-state index contributed by atoms with van der Waals surface area (Å²) in [6, 6.07) is 3.40. The van der Waals surface area contributed by atoms with Crippen LogP contribution in [0.5, 0.6) is 0 Å². The van der Waals surface area contributed by atoms with Crippen molar-refractivity contribution in [2.45, 2.75) is 64.1 Å². The zero-order valence-electron chi connectivity index (χ0n) is 16.6. The molecule has 2 saturated heterocycles. The second-order valence-corrected chi connectivity index (χ2v) is 8.35. The third kappa shape index (κ3) is 5.03. The quantitative estimate of drug-likeness (QED) is 0.854. The molecule has 0 aromatic carbocycles. The minimum Gasteiger partial charge on any atom is -0.468 e. The summed E-state index contributed by atoms with van der Waals surface area (Å²) >= 11 is 0. The average Bonchev–Trinajstić information content (AvgIpc) is 3.35. The highest BCUT2D eigenvalue weighted by Crippen LogP contribution is 2.26. The first-order chi connectivity index (χ1) is 12.8. The lowest BCUT2D eigenvalue weighted by Crippen LogP contribution is -2.49. The van der Waals surface area contributed by atoms with Crippen LogP contribution >= 0.6 is 0 Å². The standard InChI is InChI=1S/C20H31N3O4/c1-20(2,3)27-19(25)23-12-6-8-15(23)18(24)21-14-16(17-9-7-13-26-17)22-10-4-5-11-22/h7,9,13,15-16H,4-6,8,10-12,14H2,1-3H3,(H,21,24). The number of hydrogen-bond donors (Lipinski definition) is 1. The molecule has 7 nitrogen and oxygen atoms in total. The Labute approximate surface area is 161 Å². The maximum Gasteiger partial charge on any atom is 0.410 e. The number of furan rings is 1. The van der Waals surface area contributed by atoms with Crippen molar-refractivity contribution in [3.63, 3.8) is 0 Å². The molecule has 2 unspecified atom stereocenters. The van der Waals surface area contributed by atoms with E-state index >= 15 is 0 Å². The fourth-order valence-electron chi connectivity index (χ4n) is 3.84. The normalized spacial score (nSPS) is 22.0. The van der Waals surface area contributed by atoms with Gasteiger partial charge in [-0.05, 0) is 71.7 Å². The molecule has 3 rings (SSSR count). The zero-order valence-corrected chi connectivity index (χ0v) is 16.6. The van der Waals surface area contributed by atoms with Crippen LogP contribution in [0.3, 0.4) is 0 Å². The fourth-order valence-corrected chi connectivity index (χ4v) is 3.84. The molecule has 27 heavy (non-hydrogen) atoms. The number of carbonyl (C=O) groups is 2. The van der Waals surface area contributed by atoms with E-state index < -0.39 is 17.7 Å². The number of rotatable bonds is 5. The van der Waals surface area contributed by atoms with E-state index in [0.29, 0.717) is 19.5 Å². The Hall–Kier alpha value is -2.02. The maximum absolute atomic E-state index is 12.8. The number of amides is 2. The van der Waals surface area contributed by atoms with Gasteiger partial charge in [0.05, 0.1) is 12.3 Å². The number of likely N-dealkylation sites (tertiary alicyclic amines) is 2. The molecule has 2 aliphatic rings. The van der Waals surface area contributed by atoms with Crippen molar-refractivity contribution in [1.29, 1.82) is 0 Å². The van der Waals surface area contributed by atoms with Crippen molar-refractivity contribution in [1.82, 2.24) is 15.1 Å². The molecule has 0 saturated carbocycles. The molecule has 1 N–H and O–H groups in total. The van der Waals surface area contributed by atoms with Gasteiger partial charge in [0.1, 0.15) is 17.4 Å². The lowest BCUT2D eigenvalue weighted by Gasteiger charge is -2.29. The fraction of sp³-hybridized carbons (Fsp3) is 0.700. The average molecular weight is 377 g/mol. The minimum atomic E-state index is -0.569. The molecule has 7 heteroatoms. The number of nitrogens with zero attached hydrogens (tertiary/aromatic N) is 2. The monoisotopic (exact) mass is 377 g/mol. The van der Waals surface area contributed by atoms with E-state index in [1.807, 2.05) is 32.9 Å². The third-order valence-corrected chi connectivity index (χ3v) is 5.11. The van der Waals surface area contributed by atoms with Gasteiger partial charge in [-0.25, -0.2) is 4.79 Å². The number of carbonyl (C=O) groups excluding carboxylic acids is 2. The van der Waals surface area contributed by atoms with Crippen LogP contribution < -0.4 is 5.32 Å². The van der Waals surface area contributed by atoms with Gasteiger partial charge in [-0.1, -0.05) is 0 Å². The predicted molar refractivity (Wildman–Crippen MR) is 101 cm³/mol. The number of hydrogen-bond acceptors (Lipinski definition) is 5. The highest BCUT2D eigenvalue weighted by Gasteiger charge is 2.37. The lowest BCUT2D eigenvalue weighted by molar-refractivity contribution is -0.125. The molecule has 2 fully saturated rings. The summed E-state index contributed by atoms with van der Waals surface area (Å²) in [6.45, 7) is 8.55. The van der Waals surface area contributed by atoms with Gasteiger partial charge in [0.2, 0.25) is 5.91 Å². The van der Waals surface area contributed by atoms with Crippen LogP contribution in [0, 0.1) is 0 Å². The first kappa shape index (κ1) is 19.7. The molecule has 0 aliphatic carbocycles. The molecule has 1 aromatic heterocycles. The molecule has 0 radical (unpaired) electrons. The van der Waals surface area contributed by atoms with E-state index in [1.165, 1.54) is 12.8 Å². The van der Waals surface area contributed by atoms with Gasteiger partial charge in [-0.15, -0.1) is 0 Å². The summed E-state index contributed by atoms with van der Waals surface area (Å²) in [5, 5.41) is 3.05. The number of nitrogens with one attached hydrogen (secondary N) is 1. The van der Waals surface area contributed by atoms with Gasteiger partial charge >= 0.3 is 6.09 Å². The largest absolute Gasteiger partial charge is 0.468 e. The van der Waals surface area contributed by atoms with E-state index in [4.69, 9.17) is 9.15 Å². The Kier molecular flexibility index (Phi) is 6.09. The number of ether oxygens (including phenoxy) is 1. The van der Waals surface area contributed by atoms with Crippen LogP contribution in [0.2, 0.25) is 0 Å².